The molecule has 18 heavy (non-hydrogen) atoms. The topological polar surface area (TPSA) is 29.3 Å². The van der Waals surface area contributed by atoms with Gasteiger partial charge in [0.15, 0.2) is 0 Å². The van der Waals surface area contributed by atoms with Crippen LogP contribution in [0.1, 0.15) is 32.3 Å². The molecule has 0 aromatic heterocycles. The van der Waals surface area contributed by atoms with Crippen LogP contribution in [0.3, 0.4) is 0 Å². The molecule has 98 valence electrons. The van der Waals surface area contributed by atoms with E-state index in [9.17, 15) is 4.39 Å². The largest absolute Gasteiger partial charge is 0.389 e. The maximum Gasteiger partial charge on any atom is 0.124 e. The smallest absolute Gasteiger partial charge is 0.124 e. The maximum absolute atomic E-state index is 13.3. The van der Waals surface area contributed by atoms with Crippen LogP contribution in [-0.2, 0) is 0 Å². The predicted octanol–water partition coefficient (Wildman–Crippen LogP) is 3.08. The summed E-state index contributed by atoms with van der Waals surface area (Å²) in [5.74, 6) is 0.449. The van der Waals surface area contributed by atoms with Crippen molar-refractivity contribution >= 4 is 22.9 Å². The van der Waals surface area contributed by atoms with E-state index in [0.29, 0.717) is 11.6 Å². The molecule has 1 saturated heterocycles. The molecule has 1 heterocycles. The molecule has 0 radical (unpaired) electrons. The SMILES string of the molecule is CC1CCN(c2ccc(F)cc2C(N)=S)C(C)C1. The first kappa shape index (κ1) is 13.3. The third-order valence-electron chi connectivity index (χ3n) is 3.67. The molecule has 2 rings (SSSR count). The molecule has 1 aliphatic heterocycles. The van der Waals surface area contributed by atoms with Crippen molar-refractivity contribution in [2.45, 2.75) is 32.7 Å². The zero-order chi connectivity index (χ0) is 13.3. The summed E-state index contributed by atoms with van der Waals surface area (Å²) in [6, 6.07) is 5.13. The van der Waals surface area contributed by atoms with Gasteiger partial charge in [-0.15, -0.1) is 0 Å². The molecule has 0 bridgehead atoms. The van der Waals surface area contributed by atoms with Gasteiger partial charge in [-0.25, -0.2) is 4.39 Å². The molecule has 1 aromatic rings. The van der Waals surface area contributed by atoms with E-state index in [0.717, 1.165) is 31.0 Å². The molecule has 2 nitrogen and oxygen atoms in total. The second kappa shape index (κ2) is 5.22. The van der Waals surface area contributed by atoms with Gasteiger partial charge in [0.2, 0.25) is 0 Å². The van der Waals surface area contributed by atoms with Crippen molar-refractivity contribution < 1.29 is 4.39 Å². The van der Waals surface area contributed by atoms with Gasteiger partial charge in [-0.3, -0.25) is 0 Å². The lowest BCUT2D eigenvalue weighted by Gasteiger charge is -2.39. The van der Waals surface area contributed by atoms with Crippen LogP contribution in [-0.4, -0.2) is 17.6 Å². The van der Waals surface area contributed by atoms with Gasteiger partial charge in [0.05, 0.1) is 0 Å². The van der Waals surface area contributed by atoms with Crippen LogP contribution in [0.5, 0.6) is 0 Å². The minimum Gasteiger partial charge on any atom is -0.389 e. The number of nitrogens with zero attached hydrogens (tertiary/aromatic N) is 1. The molecule has 0 amide bonds. The van der Waals surface area contributed by atoms with Crippen molar-refractivity contribution in [2.24, 2.45) is 11.7 Å². The minimum absolute atomic E-state index is 0.260. The lowest BCUT2D eigenvalue weighted by Crippen LogP contribution is -2.41. The first-order valence-electron chi connectivity index (χ1n) is 6.35. The molecule has 2 N–H and O–H groups in total. The van der Waals surface area contributed by atoms with Crippen LogP contribution in [0.4, 0.5) is 10.1 Å². The Hall–Kier alpha value is -1.16. The van der Waals surface area contributed by atoms with Gasteiger partial charge in [0.1, 0.15) is 10.8 Å². The number of benzene rings is 1. The van der Waals surface area contributed by atoms with Crippen LogP contribution in [0, 0.1) is 11.7 Å². The molecule has 0 saturated carbocycles. The summed E-state index contributed by atoms with van der Waals surface area (Å²) in [6.45, 7) is 5.44. The average Bonchev–Trinajstić information content (AvgIpc) is 2.29. The summed E-state index contributed by atoms with van der Waals surface area (Å²) in [5.41, 5.74) is 7.31. The van der Waals surface area contributed by atoms with Crippen LogP contribution >= 0.6 is 12.2 Å². The van der Waals surface area contributed by atoms with Crippen molar-refractivity contribution in [3.63, 3.8) is 0 Å². The Kier molecular flexibility index (Phi) is 3.85. The first-order chi connectivity index (χ1) is 8.49. The van der Waals surface area contributed by atoms with E-state index in [1.54, 1.807) is 6.07 Å². The van der Waals surface area contributed by atoms with Gasteiger partial charge in [-0.2, -0.15) is 0 Å². The second-order valence-corrected chi connectivity index (χ2v) is 5.64. The summed E-state index contributed by atoms with van der Waals surface area (Å²) >= 11 is 5.02. The second-order valence-electron chi connectivity index (χ2n) is 5.20. The molecule has 1 aromatic carbocycles. The number of rotatable bonds is 2. The fraction of sp³-hybridized carbons (Fsp3) is 0.500. The van der Waals surface area contributed by atoms with Crippen LogP contribution in [0.15, 0.2) is 18.2 Å². The fourth-order valence-electron chi connectivity index (χ4n) is 2.72. The fourth-order valence-corrected chi connectivity index (χ4v) is 2.88. The van der Waals surface area contributed by atoms with Crippen molar-refractivity contribution in [3.05, 3.63) is 29.6 Å². The number of halogens is 1. The zero-order valence-corrected chi connectivity index (χ0v) is 11.6. The molecule has 4 heteroatoms. The minimum atomic E-state index is -0.292. The number of nitrogens with two attached hydrogens (primary N) is 1. The van der Waals surface area contributed by atoms with Crippen LogP contribution in [0.2, 0.25) is 0 Å². The quantitative estimate of drug-likeness (QED) is 0.834. The third-order valence-corrected chi connectivity index (χ3v) is 3.89. The lowest BCUT2D eigenvalue weighted by molar-refractivity contribution is 0.378. The highest BCUT2D eigenvalue weighted by Crippen LogP contribution is 2.30. The van der Waals surface area contributed by atoms with E-state index >= 15 is 0 Å². The normalized spacial score (nSPS) is 24.1. The average molecular weight is 266 g/mol. The van der Waals surface area contributed by atoms with Gasteiger partial charge < -0.3 is 10.6 Å². The van der Waals surface area contributed by atoms with Gasteiger partial charge in [0.25, 0.3) is 0 Å². The standard InChI is InChI=1S/C14H19FN2S/c1-9-5-6-17(10(2)7-9)13-4-3-11(15)8-12(13)14(16)18/h3-4,8-10H,5-7H2,1-2H3,(H2,16,18). The molecular formula is C14H19FN2S. The summed E-state index contributed by atoms with van der Waals surface area (Å²) in [4.78, 5) is 2.55. The molecule has 2 unspecified atom stereocenters. The first-order valence-corrected chi connectivity index (χ1v) is 6.76. The van der Waals surface area contributed by atoms with Crippen molar-refractivity contribution in [1.29, 1.82) is 0 Å². The highest BCUT2D eigenvalue weighted by Gasteiger charge is 2.25. The van der Waals surface area contributed by atoms with Gasteiger partial charge in [0, 0.05) is 23.8 Å². The van der Waals surface area contributed by atoms with Crippen molar-refractivity contribution in [1.82, 2.24) is 0 Å². The van der Waals surface area contributed by atoms with Gasteiger partial charge in [-0.1, -0.05) is 19.1 Å². The Labute approximate surface area is 113 Å². The summed E-state index contributed by atoms with van der Waals surface area (Å²) in [7, 11) is 0. The maximum atomic E-state index is 13.3. The number of thiocarbonyl (C=S) groups is 1. The monoisotopic (exact) mass is 266 g/mol. The molecule has 2 atom stereocenters. The Balaban J connectivity index is 2.35. The molecular weight excluding hydrogens is 247 g/mol. The van der Waals surface area contributed by atoms with E-state index in [1.807, 2.05) is 0 Å². The Morgan fingerprint density at radius 3 is 2.78 bits per heavy atom. The molecule has 1 aliphatic rings. The Bertz CT molecular complexity index is 461. The van der Waals surface area contributed by atoms with Crippen LogP contribution in [0.25, 0.3) is 0 Å². The molecule has 0 spiro atoms. The number of hydrogen-bond acceptors (Lipinski definition) is 2. The summed E-state index contributed by atoms with van der Waals surface area (Å²) in [6.07, 6.45) is 2.30. The van der Waals surface area contributed by atoms with Crippen molar-refractivity contribution in [2.75, 3.05) is 11.4 Å². The number of piperidine rings is 1. The predicted molar refractivity (Wildman–Crippen MR) is 77.5 cm³/mol. The third kappa shape index (κ3) is 2.64. The van der Waals surface area contributed by atoms with E-state index < -0.39 is 0 Å². The van der Waals surface area contributed by atoms with E-state index in [1.165, 1.54) is 12.1 Å². The Morgan fingerprint density at radius 1 is 1.44 bits per heavy atom. The molecule has 1 fully saturated rings. The van der Waals surface area contributed by atoms with E-state index in [-0.39, 0.29) is 10.8 Å². The molecule has 0 aliphatic carbocycles. The lowest BCUT2D eigenvalue weighted by atomic mass is 9.92. The van der Waals surface area contributed by atoms with Gasteiger partial charge in [-0.05, 0) is 43.9 Å². The number of hydrogen-bond donors (Lipinski definition) is 1. The zero-order valence-electron chi connectivity index (χ0n) is 10.8. The highest BCUT2D eigenvalue weighted by molar-refractivity contribution is 7.80. The van der Waals surface area contributed by atoms with E-state index in [2.05, 4.69) is 18.7 Å². The summed E-state index contributed by atoms with van der Waals surface area (Å²) < 4.78 is 13.3. The Morgan fingerprint density at radius 2 is 2.17 bits per heavy atom. The van der Waals surface area contributed by atoms with Gasteiger partial charge >= 0.3 is 0 Å². The van der Waals surface area contributed by atoms with Crippen LogP contribution < -0.4 is 10.6 Å². The van der Waals surface area contributed by atoms with Crippen molar-refractivity contribution in [3.8, 4) is 0 Å². The summed E-state index contributed by atoms with van der Waals surface area (Å²) in [5, 5.41) is 0. The number of anilines is 1. The highest BCUT2D eigenvalue weighted by atomic mass is 32.1. The van der Waals surface area contributed by atoms with E-state index in [4.69, 9.17) is 18.0 Å².